The molecule has 0 radical (unpaired) electrons. The van der Waals surface area contributed by atoms with Gasteiger partial charge in [-0.05, 0) is 30.5 Å². The molecule has 0 bridgehead atoms. The molecule has 3 N–H and O–H groups in total. The van der Waals surface area contributed by atoms with Crippen molar-refractivity contribution < 1.29 is 19.4 Å². The molecule has 1 heterocycles. The zero-order valence-electron chi connectivity index (χ0n) is 14.2. The topological polar surface area (TPSA) is 81.8 Å². The van der Waals surface area contributed by atoms with Gasteiger partial charge in [-0.1, -0.05) is 41.4 Å². The SMILES string of the molecule is CCOC(=O)C1Cc2cc(Cc3ccc(O)c(CN)c3)c(Cl)c(Cl)c2O1. The summed E-state index contributed by atoms with van der Waals surface area (Å²) in [7, 11) is 0. The number of phenolic OH excluding ortho intramolecular Hbond substituents is 1. The number of esters is 1. The highest BCUT2D eigenvalue weighted by Gasteiger charge is 2.33. The van der Waals surface area contributed by atoms with Crippen molar-refractivity contribution in [3.05, 3.63) is 56.6 Å². The molecule has 7 heteroatoms. The molecular weight excluding hydrogens is 377 g/mol. The Morgan fingerprint density at radius 2 is 2.08 bits per heavy atom. The molecule has 1 aliphatic rings. The molecule has 3 rings (SSSR count). The summed E-state index contributed by atoms with van der Waals surface area (Å²) in [4.78, 5) is 11.9. The van der Waals surface area contributed by atoms with Crippen molar-refractivity contribution in [2.75, 3.05) is 6.61 Å². The Balaban J connectivity index is 1.89. The highest BCUT2D eigenvalue weighted by atomic mass is 35.5. The van der Waals surface area contributed by atoms with Crippen LogP contribution in [0.3, 0.4) is 0 Å². The van der Waals surface area contributed by atoms with Crippen molar-refractivity contribution >= 4 is 29.2 Å². The lowest BCUT2D eigenvalue weighted by molar-refractivity contribution is -0.150. The van der Waals surface area contributed by atoms with Crippen LogP contribution in [0.4, 0.5) is 0 Å². The molecule has 1 unspecified atom stereocenters. The van der Waals surface area contributed by atoms with Crippen LogP contribution in [0.2, 0.25) is 10.0 Å². The fraction of sp³-hybridized carbons (Fsp3) is 0.316. The van der Waals surface area contributed by atoms with E-state index in [9.17, 15) is 9.90 Å². The second-order valence-corrected chi connectivity index (χ2v) is 6.81. The number of fused-ring (bicyclic) bond motifs is 1. The molecular formula is C19H19Cl2NO4. The molecule has 1 aliphatic heterocycles. The number of aromatic hydroxyl groups is 1. The van der Waals surface area contributed by atoms with E-state index >= 15 is 0 Å². The van der Waals surface area contributed by atoms with Crippen LogP contribution in [0.1, 0.15) is 29.2 Å². The maximum absolute atomic E-state index is 11.9. The number of hydrogen-bond donors (Lipinski definition) is 2. The van der Waals surface area contributed by atoms with Gasteiger partial charge in [-0.15, -0.1) is 0 Å². The quantitative estimate of drug-likeness (QED) is 0.755. The average Bonchev–Trinajstić information content (AvgIpc) is 3.05. The molecule has 26 heavy (non-hydrogen) atoms. The van der Waals surface area contributed by atoms with Crippen LogP contribution in [-0.2, 0) is 28.9 Å². The maximum Gasteiger partial charge on any atom is 0.347 e. The van der Waals surface area contributed by atoms with Gasteiger partial charge in [0.25, 0.3) is 0 Å². The van der Waals surface area contributed by atoms with E-state index in [1.165, 1.54) is 0 Å². The van der Waals surface area contributed by atoms with Gasteiger partial charge in [-0.3, -0.25) is 0 Å². The summed E-state index contributed by atoms with van der Waals surface area (Å²) in [6.45, 7) is 2.28. The minimum absolute atomic E-state index is 0.167. The van der Waals surface area contributed by atoms with Crippen molar-refractivity contribution in [1.29, 1.82) is 0 Å². The van der Waals surface area contributed by atoms with Crippen LogP contribution in [0, 0.1) is 0 Å². The van der Waals surface area contributed by atoms with Crippen LogP contribution in [0.25, 0.3) is 0 Å². The Bertz CT molecular complexity index is 854. The minimum Gasteiger partial charge on any atom is -0.508 e. The van der Waals surface area contributed by atoms with Crippen molar-refractivity contribution in [3.8, 4) is 11.5 Å². The fourth-order valence-corrected chi connectivity index (χ4v) is 3.51. The van der Waals surface area contributed by atoms with Gasteiger partial charge >= 0.3 is 5.97 Å². The molecule has 2 aromatic rings. The molecule has 0 amide bonds. The molecule has 0 aliphatic carbocycles. The summed E-state index contributed by atoms with van der Waals surface area (Å²) < 4.78 is 10.7. The average molecular weight is 396 g/mol. The van der Waals surface area contributed by atoms with Crippen molar-refractivity contribution in [3.63, 3.8) is 0 Å². The van der Waals surface area contributed by atoms with Gasteiger partial charge in [0.15, 0.2) is 6.10 Å². The summed E-state index contributed by atoms with van der Waals surface area (Å²) in [5.74, 6) is 0.190. The largest absolute Gasteiger partial charge is 0.508 e. The van der Waals surface area contributed by atoms with Crippen LogP contribution in [-0.4, -0.2) is 23.8 Å². The van der Waals surface area contributed by atoms with E-state index in [2.05, 4.69) is 0 Å². The lowest BCUT2D eigenvalue weighted by atomic mass is 9.99. The van der Waals surface area contributed by atoms with Gasteiger partial charge in [0.05, 0.1) is 11.6 Å². The molecule has 0 aromatic heterocycles. The van der Waals surface area contributed by atoms with Gasteiger partial charge in [0.1, 0.15) is 16.5 Å². The number of benzene rings is 2. The number of carbonyl (C=O) groups excluding carboxylic acids is 1. The van der Waals surface area contributed by atoms with Crippen molar-refractivity contribution in [1.82, 2.24) is 0 Å². The summed E-state index contributed by atoms with van der Waals surface area (Å²) in [5.41, 5.74) is 8.89. The van der Waals surface area contributed by atoms with Crippen LogP contribution in [0.5, 0.6) is 11.5 Å². The first kappa shape index (κ1) is 18.8. The van der Waals surface area contributed by atoms with E-state index in [4.69, 9.17) is 38.4 Å². The summed E-state index contributed by atoms with van der Waals surface area (Å²) in [6, 6.07) is 7.16. The third-order valence-electron chi connectivity index (χ3n) is 4.29. The summed E-state index contributed by atoms with van der Waals surface area (Å²) >= 11 is 12.8. The number of halogens is 2. The number of nitrogens with two attached hydrogens (primary N) is 1. The first-order valence-corrected chi connectivity index (χ1v) is 9.04. The van der Waals surface area contributed by atoms with Crippen molar-refractivity contribution in [2.45, 2.75) is 32.4 Å². The molecule has 2 aromatic carbocycles. The third-order valence-corrected chi connectivity index (χ3v) is 5.18. The van der Waals surface area contributed by atoms with E-state index in [1.54, 1.807) is 13.0 Å². The lowest BCUT2D eigenvalue weighted by Crippen LogP contribution is -2.27. The predicted octanol–water partition coefficient (Wildman–Crippen LogP) is 3.62. The number of rotatable bonds is 5. The molecule has 138 valence electrons. The van der Waals surface area contributed by atoms with E-state index in [0.29, 0.717) is 40.8 Å². The molecule has 5 nitrogen and oxygen atoms in total. The van der Waals surface area contributed by atoms with Gasteiger partial charge in [0, 0.05) is 24.1 Å². The molecule has 0 spiro atoms. The van der Waals surface area contributed by atoms with E-state index < -0.39 is 12.1 Å². The Kier molecular flexibility index (Phi) is 5.61. The highest BCUT2D eigenvalue weighted by Crippen LogP contribution is 2.43. The fourth-order valence-electron chi connectivity index (χ4n) is 3.01. The molecule has 0 saturated carbocycles. The second kappa shape index (κ2) is 7.74. The maximum atomic E-state index is 11.9. The first-order valence-electron chi connectivity index (χ1n) is 8.28. The van der Waals surface area contributed by atoms with E-state index in [1.807, 2.05) is 18.2 Å². The highest BCUT2D eigenvalue weighted by molar-refractivity contribution is 6.43. The van der Waals surface area contributed by atoms with Crippen LogP contribution < -0.4 is 10.5 Å². The first-order chi connectivity index (χ1) is 12.4. The standard InChI is InChI=1S/C19H19Cl2NO4/c1-2-25-19(24)15-8-12-7-11(16(20)17(21)18(12)26-15)5-10-3-4-14(23)13(6-10)9-22/h3-4,6-7,15,23H,2,5,8-9,22H2,1H3. The predicted molar refractivity (Wildman–Crippen MR) is 100 cm³/mol. The van der Waals surface area contributed by atoms with Gasteiger partial charge in [-0.2, -0.15) is 0 Å². The van der Waals surface area contributed by atoms with E-state index in [-0.39, 0.29) is 12.3 Å². The molecule has 0 saturated heterocycles. The van der Waals surface area contributed by atoms with Crippen LogP contribution >= 0.6 is 23.2 Å². The number of phenols is 1. The number of hydrogen-bond acceptors (Lipinski definition) is 5. The Morgan fingerprint density at radius 3 is 2.77 bits per heavy atom. The van der Waals surface area contributed by atoms with Crippen molar-refractivity contribution in [2.24, 2.45) is 5.73 Å². The number of ether oxygens (including phenoxy) is 2. The minimum atomic E-state index is -0.703. The molecule has 0 fully saturated rings. The zero-order chi connectivity index (χ0) is 18.8. The summed E-state index contributed by atoms with van der Waals surface area (Å²) in [6.07, 6.45) is 0.205. The van der Waals surface area contributed by atoms with Gasteiger partial charge in [0.2, 0.25) is 0 Å². The zero-order valence-corrected chi connectivity index (χ0v) is 15.7. The Labute approximate surface area is 161 Å². The van der Waals surface area contributed by atoms with E-state index in [0.717, 1.165) is 16.7 Å². The molecule has 1 atom stereocenters. The van der Waals surface area contributed by atoms with Gasteiger partial charge in [-0.25, -0.2) is 4.79 Å². The normalized spacial score (nSPS) is 15.5. The smallest absolute Gasteiger partial charge is 0.347 e. The monoisotopic (exact) mass is 395 g/mol. The van der Waals surface area contributed by atoms with Crippen LogP contribution in [0.15, 0.2) is 24.3 Å². The Morgan fingerprint density at radius 1 is 1.31 bits per heavy atom. The summed E-state index contributed by atoms with van der Waals surface area (Å²) in [5, 5.41) is 10.4. The Hall–Kier alpha value is -1.95. The number of carbonyl (C=O) groups is 1. The second-order valence-electron chi connectivity index (χ2n) is 6.06. The third kappa shape index (κ3) is 3.61. The lowest BCUT2D eigenvalue weighted by Gasteiger charge is -2.12. The van der Waals surface area contributed by atoms with Gasteiger partial charge < -0.3 is 20.3 Å².